The molecule has 112 valence electrons. The molecular formula is C14H14N6OS. The van der Waals surface area contributed by atoms with Crippen LogP contribution in [0, 0.1) is 13.8 Å². The van der Waals surface area contributed by atoms with Gasteiger partial charge in [0.25, 0.3) is 5.91 Å². The third kappa shape index (κ3) is 3.01. The summed E-state index contributed by atoms with van der Waals surface area (Å²) in [6.07, 6.45) is 5.15. The predicted molar refractivity (Wildman–Crippen MR) is 81.9 cm³/mol. The number of amides is 1. The topological polar surface area (TPSA) is 85.6 Å². The predicted octanol–water partition coefficient (Wildman–Crippen LogP) is 1.67. The smallest absolute Gasteiger partial charge is 0.263 e. The molecule has 0 aromatic carbocycles. The van der Waals surface area contributed by atoms with Gasteiger partial charge in [-0.15, -0.1) is 16.4 Å². The largest absolute Gasteiger partial charge is 0.345 e. The van der Waals surface area contributed by atoms with E-state index in [-0.39, 0.29) is 5.91 Å². The standard InChI is InChI=1S/C14H14N6OS/c1-9-13(22-10(2)17-9)14(21)16-7-11-8-20(19-18-11)12-3-5-15-6-4-12/h3-6,8H,7H2,1-2H3,(H,16,21). The summed E-state index contributed by atoms with van der Waals surface area (Å²) < 4.78 is 1.64. The van der Waals surface area contributed by atoms with E-state index in [9.17, 15) is 4.79 Å². The van der Waals surface area contributed by atoms with E-state index in [1.807, 2.05) is 26.0 Å². The van der Waals surface area contributed by atoms with E-state index < -0.39 is 0 Å². The lowest BCUT2D eigenvalue weighted by atomic mass is 10.3. The minimum absolute atomic E-state index is 0.137. The molecule has 1 amide bonds. The van der Waals surface area contributed by atoms with Gasteiger partial charge in [0.2, 0.25) is 0 Å². The number of hydrogen-bond acceptors (Lipinski definition) is 6. The van der Waals surface area contributed by atoms with Crippen LogP contribution in [0.2, 0.25) is 0 Å². The van der Waals surface area contributed by atoms with Gasteiger partial charge in [0, 0.05) is 12.4 Å². The van der Waals surface area contributed by atoms with Crippen molar-refractivity contribution in [3.63, 3.8) is 0 Å². The Balaban J connectivity index is 1.66. The van der Waals surface area contributed by atoms with Crippen molar-refractivity contribution >= 4 is 17.2 Å². The van der Waals surface area contributed by atoms with Gasteiger partial charge in [-0.25, -0.2) is 9.67 Å². The third-order valence-corrected chi connectivity index (χ3v) is 4.08. The van der Waals surface area contributed by atoms with Crippen molar-refractivity contribution in [3.8, 4) is 5.69 Å². The van der Waals surface area contributed by atoms with Crippen molar-refractivity contribution in [1.29, 1.82) is 0 Å². The van der Waals surface area contributed by atoms with Crippen LogP contribution in [0.25, 0.3) is 5.69 Å². The Labute approximate surface area is 131 Å². The summed E-state index contributed by atoms with van der Waals surface area (Å²) in [7, 11) is 0. The lowest BCUT2D eigenvalue weighted by Crippen LogP contribution is -2.22. The first-order valence-corrected chi connectivity index (χ1v) is 7.49. The molecule has 3 aromatic heterocycles. The molecule has 0 bridgehead atoms. The van der Waals surface area contributed by atoms with Crippen LogP contribution in [0.5, 0.6) is 0 Å². The summed E-state index contributed by atoms with van der Waals surface area (Å²) in [6, 6.07) is 3.67. The number of aryl methyl sites for hydroxylation is 2. The maximum Gasteiger partial charge on any atom is 0.263 e. The molecule has 0 aliphatic heterocycles. The molecule has 3 heterocycles. The third-order valence-electron chi connectivity index (χ3n) is 3.01. The van der Waals surface area contributed by atoms with Gasteiger partial charge in [0.1, 0.15) is 10.6 Å². The maximum absolute atomic E-state index is 12.1. The van der Waals surface area contributed by atoms with Crippen molar-refractivity contribution in [1.82, 2.24) is 30.3 Å². The second kappa shape index (κ2) is 6.02. The molecule has 0 unspecified atom stereocenters. The Bertz CT molecular complexity index is 795. The summed E-state index contributed by atoms with van der Waals surface area (Å²) >= 11 is 1.39. The number of carbonyl (C=O) groups is 1. The van der Waals surface area contributed by atoms with Gasteiger partial charge in [-0.2, -0.15) is 0 Å². The van der Waals surface area contributed by atoms with Crippen molar-refractivity contribution in [2.24, 2.45) is 0 Å². The molecule has 0 saturated carbocycles. The summed E-state index contributed by atoms with van der Waals surface area (Å²) in [5.41, 5.74) is 2.30. The van der Waals surface area contributed by atoms with E-state index in [0.29, 0.717) is 17.1 Å². The van der Waals surface area contributed by atoms with Gasteiger partial charge in [-0.3, -0.25) is 9.78 Å². The highest BCUT2D eigenvalue weighted by Crippen LogP contribution is 2.16. The number of aromatic nitrogens is 5. The average Bonchev–Trinajstić information content (AvgIpc) is 3.12. The van der Waals surface area contributed by atoms with Crippen LogP contribution in [0.15, 0.2) is 30.7 Å². The minimum atomic E-state index is -0.137. The molecule has 22 heavy (non-hydrogen) atoms. The Morgan fingerprint density at radius 1 is 1.32 bits per heavy atom. The average molecular weight is 314 g/mol. The van der Waals surface area contributed by atoms with Gasteiger partial charge in [-0.05, 0) is 26.0 Å². The molecule has 0 atom stereocenters. The van der Waals surface area contributed by atoms with Crippen LogP contribution in [0.3, 0.4) is 0 Å². The maximum atomic E-state index is 12.1. The highest BCUT2D eigenvalue weighted by molar-refractivity contribution is 7.13. The molecular weight excluding hydrogens is 300 g/mol. The Kier molecular flexibility index (Phi) is 3.92. The molecule has 0 spiro atoms. The van der Waals surface area contributed by atoms with E-state index in [1.54, 1.807) is 23.3 Å². The zero-order chi connectivity index (χ0) is 15.5. The van der Waals surface area contributed by atoms with E-state index in [1.165, 1.54) is 11.3 Å². The number of pyridine rings is 1. The fourth-order valence-corrected chi connectivity index (χ4v) is 2.83. The fourth-order valence-electron chi connectivity index (χ4n) is 2.00. The van der Waals surface area contributed by atoms with Gasteiger partial charge in [0.15, 0.2) is 0 Å². The van der Waals surface area contributed by atoms with Gasteiger partial charge in [-0.1, -0.05) is 5.21 Å². The summed E-state index contributed by atoms with van der Waals surface area (Å²) in [5.74, 6) is -0.137. The monoisotopic (exact) mass is 314 g/mol. The zero-order valence-corrected chi connectivity index (χ0v) is 13.0. The number of rotatable bonds is 4. The first-order valence-electron chi connectivity index (χ1n) is 6.67. The van der Waals surface area contributed by atoms with Crippen LogP contribution < -0.4 is 5.32 Å². The molecule has 7 nitrogen and oxygen atoms in total. The Hall–Kier alpha value is -2.61. The van der Waals surface area contributed by atoms with Crippen LogP contribution in [-0.2, 0) is 6.54 Å². The molecule has 0 aliphatic rings. The van der Waals surface area contributed by atoms with E-state index in [2.05, 4.69) is 25.6 Å². The quantitative estimate of drug-likeness (QED) is 0.791. The lowest BCUT2D eigenvalue weighted by Gasteiger charge is -2.01. The number of thiazole rings is 1. The number of nitrogens with one attached hydrogen (secondary N) is 1. The van der Waals surface area contributed by atoms with Crippen LogP contribution in [0.4, 0.5) is 0 Å². The highest BCUT2D eigenvalue weighted by Gasteiger charge is 2.14. The Morgan fingerprint density at radius 2 is 2.09 bits per heavy atom. The molecule has 0 aliphatic carbocycles. The normalized spacial score (nSPS) is 10.6. The zero-order valence-electron chi connectivity index (χ0n) is 12.1. The molecule has 0 radical (unpaired) electrons. The summed E-state index contributed by atoms with van der Waals surface area (Å²) in [5, 5.41) is 11.8. The van der Waals surface area contributed by atoms with Crippen LogP contribution in [0.1, 0.15) is 26.1 Å². The van der Waals surface area contributed by atoms with Crippen LogP contribution in [-0.4, -0.2) is 30.9 Å². The second-order valence-electron chi connectivity index (χ2n) is 4.69. The van der Waals surface area contributed by atoms with E-state index in [4.69, 9.17) is 0 Å². The Morgan fingerprint density at radius 3 is 2.77 bits per heavy atom. The molecule has 0 saturated heterocycles. The van der Waals surface area contributed by atoms with Crippen LogP contribution >= 0.6 is 11.3 Å². The highest BCUT2D eigenvalue weighted by atomic mass is 32.1. The van der Waals surface area contributed by atoms with Crippen molar-refractivity contribution in [2.75, 3.05) is 0 Å². The minimum Gasteiger partial charge on any atom is -0.345 e. The van der Waals surface area contributed by atoms with Gasteiger partial charge in [0.05, 0.1) is 29.1 Å². The van der Waals surface area contributed by atoms with Crippen molar-refractivity contribution in [2.45, 2.75) is 20.4 Å². The molecule has 3 rings (SSSR count). The van der Waals surface area contributed by atoms with Crippen molar-refractivity contribution in [3.05, 3.63) is 52.0 Å². The first kappa shape index (κ1) is 14.3. The van der Waals surface area contributed by atoms with Crippen molar-refractivity contribution < 1.29 is 4.79 Å². The second-order valence-corrected chi connectivity index (χ2v) is 5.89. The van der Waals surface area contributed by atoms with Gasteiger partial charge >= 0.3 is 0 Å². The molecule has 1 N–H and O–H groups in total. The number of carbonyl (C=O) groups excluding carboxylic acids is 1. The van der Waals surface area contributed by atoms with Gasteiger partial charge < -0.3 is 5.32 Å². The fraction of sp³-hybridized carbons (Fsp3) is 0.214. The SMILES string of the molecule is Cc1nc(C)c(C(=O)NCc2cn(-c3ccncc3)nn2)s1. The lowest BCUT2D eigenvalue weighted by molar-refractivity contribution is 0.0953. The number of hydrogen-bond donors (Lipinski definition) is 1. The molecule has 3 aromatic rings. The summed E-state index contributed by atoms with van der Waals surface area (Å²) in [4.78, 5) is 21.0. The van der Waals surface area contributed by atoms with E-state index >= 15 is 0 Å². The molecule has 8 heteroatoms. The molecule has 0 fully saturated rings. The summed E-state index contributed by atoms with van der Waals surface area (Å²) in [6.45, 7) is 4.03. The first-order chi connectivity index (χ1) is 10.6. The number of nitrogens with zero attached hydrogens (tertiary/aromatic N) is 5. The van der Waals surface area contributed by atoms with E-state index in [0.717, 1.165) is 16.4 Å².